The number of halogens is 4. The van der Waals surface area contributed by atoms with E-state index in [0.29, 0.717) is 0 Å². The lowest BCUT2D eigenvalue weighted by Crippen LogP contribution is -2.13. The number of aromatic nitrogens is 2. The molecule has 0 aliphatic carbocycles. The van der Waals surface area contributed by atoms with Gasteiger partial charge in [0, 0.05) is 39.0 Å². The SMILES string of the molecule is CN(C)/C=N/c1sc2c(F)ccc(-c3c(F)cc4c(N(C)C)nc(F)nc4c3F)c2c1C#N. The molecule has 2 heterocycles. The molecule has 6 nitrogen and oxygen atoms in total. The molecule has 0 atom stereocenters. The van der Waals surface area contributed by atoms with Gasteiger partial charge in [0.2, 0.25) is 0 Å². The summed E-state index contributed by atoms with van der Waals surface area (Å²) in [6.45, 7) is 0. The first-order valence-corrected chi connectivity index (χ1v) is 10.3. The first-order valence-electron chi connectivity index (χ1n) is 9.52. The molecule has 0 bridgehead atoms. The molecule has 0 aliphatic heterocycles. The Kier molecular flexibility index (Phi) is 5.63. The van der Waals surface area contributed by atoms with Gasteiger partial charge in [0.15, 0.2) is 5.82 Å². The quantitative estimate of drug-likeness (QED) is 0.176. The van der Waals surface area contributed by atoms with Crippen molar-refractivity contribution in [3.05, 3.63) is 47.3 Å². The molecular formula is C22H16F4N6S. The fourth-order valence-corrected chi connectivity index (χ4v) is 4.49. The van der Waals surface area contributed by atoms with Crippen LogP contribution in [0.5, 0.6) is 0 Å². The summed E-state index contributed by atoms with van der Waals surface area (Å²) >= 11 is 0.891. The van der Waals surface area contributed by atoms with Gasteiger partial charge in [0.1, 0.15) is 34.0 Å². The Morgan fingerprint density at radius 1 is 1.06 bits per heavy atom. The highest BCUT2D eigenvalue weighted by Gasteiger charge is 2.26. The number of rotatable bonds is 4. The largest absolute Gasteiger partial charge is 0.369 e. The van der Waals surface area contributed by atoms with Gasteiger partial charge in [-0.25, -0.2) is 18.2 Å². The predicted octanol–water partition coefficient (Wildman–Crippen LogP) is 5.23. The second-order valence-electron chi connectivity index (χ2n) is 7.56. The summed E-state index contributed by atoms with van der Waals surface area (Å²) in [6.07, 6.45) is 0.253. The van der Waals surface area contributed by atoms with Crippen LogP contribution in [0.25, 0.3) is 32.1 Å². The van der Waals surface area contributed by atoms with Gasteiger partial charge in [0.25, 0.3) is 0 Å². The normalized spacial score (nSPS) is 11.5. The van der Waals surface area contributed by atoms with Gasteiger partial charge in [-0.15, -0.1) is 11.3 Å². The van der Waals surface area contributed by atoms with E-state index in [1.54, 1.807) is 33.1 Å². The number of anilines is 1. The molecule has 0 aliphatic rings. The number of hydrogen-bond acceptors (Lipinski definition) is 6. The highest BCUT2D eigenvalue weighted by molar-refractivity contribution is 7.23. The molecule has 33 heavy (non-hydrogen) atoms. The maximum absolute atomic E-state index is 15.6. The van der Waals surface area contributed by atoms with E-state index in [1.165, 1.54) is 17.3 Å². The third-order valence-corrected chi connectivity index (χ3v) is 5.92. The average Bonchev–Trinajstić information content (AvgIpc) is 3.13. The number of hydrogen-bond donors (Lipinski definition) is 0. The van der Waals surface area contributed by atoms with Gasteiger partial charge < -0.3 is 9.80 Å². The molecule has 0 saturated carbocycles. The monoisotopic (exact) mass is 472 g/mol. The number of nitrogens with zero attached hydrogens (tertiary/aromatic N) is 6. The molecule has 2 aromatic heterocycles. The van der Waals surface area contributed by atoms with Crippen molar-refractivity contribution in [2.24, 2.45) is 4.99 Å². The van der Waals surface area contributed by atoms with Crippen molar-refractivity contribution in [3.8, 4) is 17.2 Å². The minimum absolute atomic E-state index is 0.000316. The van der Waals surface area contributed by atoms with E-state index < -0.39 is 34.6 Å². The van der Waals surface area contributed by atoms with Crippen molar-refractivity contribution in [2.45, 2.75) is 0 Å². The van der Waals surface area contributed by atoms with Crippen LogP contribution in [-0.4, -0.2) is 49.4 Å². The Hall–Kier alpha value is -3.78. The number of aliphatic imine (C=N–C) groups is 1. The van der Waals surface area contributed by atoms with Crippen molar-refractivity contribution in [2.75, 3.05) is 33.1 Å². The molecule has 0 fully saturated rings. The molecule has 4 rings (SSSR count). The number of benzene rings is 2. The minimum Gasteiger partial charge on any atom is -0.369 e. The lowest BCUT2D eigenvalue weighted by Gasteiger charge is -2.16. The zero-order valence-corrected chi connectivity index (χ0v) is 18.7. The second kappa shape index (κ2) is 8.29. The standard InChI is InChI=1S/C22H16F4N6S/c1-31(2)9-28-21-12(8-27)15-10(5-6-13(23)19(15)33-21)16-14(24)7-11-18(17(16)25)29-22(26)30-20(11)32(3)4/h5-7,9H,1-4H3/b28-9+. The summed E-state index contributed by atoms with van der Waals surface area (Å²) in [4.78, 5) is 14.4. The number of nitriles is 1. The fourth-order valence-electron chi connectivity index (χ4n) is 3.47. The van der Waals surface area contributed by atoms with E-state index in [9.17, 15) is 14.0 Å². The molecule has 168 valence electrons. The topological polar surface area (TPSA) is 68.4 Å². The zero-order valence-electron chi connectivity index (χ0n) is 17.9. The summed E-state index contributed by atoms with van der Waals surface area (Å²) in [7, 11) is 6.54. The highest BCUT2D eigenvalue weighted by Crippen LogP contribution is 2.45. The third kappa shape index (κ3) is 3.72. The van der Waals surface area contributed by atoms with E-state index in [2.05, 4.69) is 15.0 Å². The molecule has 0 spiro atoms. The first-order chi connectivity index (χ1) is 15.6. The molecular weight excluding hydrogens is 456 g/mol. The lowest BCUT2D eigenvalue weighted by atomic mass is 9.96. The Balaban J connectivity index is 2.11. The predicted molar refractivity (Wildman–Crippen MR) is 121 cm³/mol. The van der Waals surface area contributed by atoms with E-state index in [-0.39, 0.29) is 37.4 Å². The van der Waals surface area contributed by atoms with Crippen molar-refractivity contribution in [1.29, 1.82) is 5.26 Å². The Bertz CT molecular complexity index is 1490. The lowest BCUT2D eigenvalue weighted by molar-refractivity contribution is 0.538. The maximum Gasteiger partial charge on any atom is 0.311 e. The molecule has 0 amide bonds. The van der Waals surface area contributed by atoms with Crippen LogP contribution in [0.3, 0.4) is 0 Å². The van der Waals surface area contributed by atoms with E-state index >= 15 is 8.78 Å². The fraction of sp³-hybridized carbons (Fsp3) is 0.182. The Morgan fingerprint density at radius 3 is 2.42 bits per heavy atom. The molecule has 0 N–H and O–H groups in total. The van der Waals surface area contributed by atoms with Gasteiger partial charge in [0.05, 0.1) is 22.2 Å². The second-order valence-corrected chi connectivity index (χ2v) is 8.55. The van der Waals surface area contributed by atoms with E-state index in [1.807, 2.05) is 6.07 Å². The van der Waals surface area contributed by atoms with Crippen LogP contribution in [0.4, 0.5) is 28.4 Å². The zero-order chi connectivity index (χ0) is 24.0. The van der Waals surface area contributed by atoms with E-state index in [4.69, 9.17) is 0 Å². The van der Waals surface area contributed by atoms with Gasteiger partial charge in [-0.3, -0.25) is 0 Å². The van der Waals surface area contributed by atoms with Crippen molar-refractivity contribution < 1.29 is 17.6 Å². The van der Waals surface area contributed by atoms with Crippen LogP contribution in [0.15, 0.2) is 23.2 Å². The van der Waals surface area contributed by atoms with Crippen LogP contribution in [0.2, 0.25) is 0 Å². The van der Waals surface area contributed by atoms with Gasteiger partial charge >= 0.3 is 6.08 Å². The minimum atomic E-state index is -1.18. The summed E-state index contributed by atoms with van der Waals surface area (Å²) in [5.74, 6) is -2.79. The average molecular weight is 472 g/mol. The Morgan fingerprint density at radius 2 is 1.79 bits per heavy atom. The van der Waals surface area contributed by atoms with Crippen LogP contribution in [0, 0.1) is 34.9 Å². The third-order valence-electron chi connectivity index (χ3n) is 4.82. The molecule has 4 aromatic rings. The molecule has 0 radical (unpaired) electrons. The van der Waals surface area contributed by atoms with Crippen molar-refractivity contribution >= 4 is 49.5 Å². The van der Waals surface area contributed by atoms with Gasteiger partial charge in [-0.2, -0.15) is 19.6 Å². The summed E-state index contributed by atoms with van der Waals surface area (Å²) in [5.41, 5.74) is -1.07. The van der Waals surface area contributed by atoms with Gasteiger partial charge in [-0.05, 0) is 17.7 Å². The van der Waals surface area contributed by atoms with Crippen molar-refractivity contribution in [1.82, 2.24) is 14.9 Å². The van der Waals surface area contributed by atoms with Crippen LogP contribution >= 0.6 is 11.3 Å². The number of fused-ring (bicyclic) bond motifs is 2. The highest BCUT2D eigenvalue weighted by atomic mass is 32.1. The van der Waals surface area contributed by atoms with E-state index in [0.717, 1.165) is 23.5 Å². The van der Waals surface area contributed by atoms with Crippen LogP contribution in [-0.2, 0) is 0 Å². The first kappa shape index (κ1) is 22.4. The number of thiophene rings is 1. The molecule has 0 unspecified atom stereocenters. The Labute approximate surface area is 190 Å². The summed E-state index contributed by atoms with van der Waals surface area (Å²) in [6, 6.07) is 5.21. The van der Waals surface area contributed by atoms with Crippen molar-refractivity contribution in [3.63, 3.8) is 0 Å². The van der Waals surface area contributed by atoms with Crippen LogP contribution < -0.4 is 4.90 Å². The molecule has 2 aromatic carbocycles. The maximum atomic E-state index is 15.6. The van der Waals surface area contributed by atoms with Gasteiger partial charge in [-0.1, -0.05) is 6.07 Å². The summed E-state index contributed by atoms with van der Waals surface area (Å²) in [5, 5.41) is 9.95. The molecule has 0 saturated heterocycles. The molecule has 11 heteroatoms. The smallest absolute Gasteiger partial charge is 0.311 e. The summed E-state index contributed by atoms with van der Waals surface area (Å²) < 4.78 is 59.6. The van der Waals surface area contributed by atoms with Crippen LogP contribution in [0.1, 0.15) is 5.56 Å².